The molecule has 5 aromatic rings. The van der Waals surface area contributed by atoms with E-state index in [9.17, 15) is 24.6 Å². The standard InChI is InChI=1S/C55H63F2N9O6/c1-3-38-42(56)8-5-33-24-37(67)25-40(45(33)38)47-46(57)48-41(26-58-47)49(64-18-4-11-53(2,71)30-64)61-52(60-48)72-32-55(12-13-55)31-62-19-14-54(15-20-62)16-21-63(22-17-54)36-28-65(29-36)35-6-7-39-34(23-35)27-66(51(39)70)43-9-10-44(68)59-50(43)69/h5-8,23-26,36,43,67,71H,3-4,9-22,27-32H2,1-2H3,(H,59,68,69)/t43?,53-/m1/s1. The number of rotatable bonds is 11. The van der Waals surface area contributed by atoms with Crippen LogP contribution in [0.15, 0.2) is 48.7 Å². The van der Waals surface area contributed by atoms with Crippen LogP contribution in [-0.4, -0.2) is 141 Å². The molecule has 6 fully saturated rings. The van der Waals surface area contributed by atoms with Gasteiger partial charge in [0.25, 0.3) is 5.91 Å². The molecular weight excluding hydrogens is 921 g/mol. The Morgan fingerprint density at radius 1 is 0.889 bits per heavy atom. The molecule has 15 nitrogen and oxygen atoms in total. The molecule has 3 amide bonds. The number of amides is 3. The van der Waals surface area contributed by atoms with Crippen LogP contribution in [0.4, 0.5) is 20.3 Å². The van der Waals surface area contributed by atoms with Crippen molar-refractivity contribution in [3.05, 3.63) is 77.0 Å². The number of halogens is 2. The van der Waals surface area contributed by atoms with Crippen LogP contribution in [0, 0.1) is 22.5 Å². The van der Waals surface area contributed by atoms with Crippen LogP contribution in [0.5, 0.6) is 11.8 Å². The van der Waals surface area contributed by atoms with Crippen LogP contribution in [-0.2, 0) is 22.6 Å². The second-order valence-electron chi connectivity index (χ2n) is 22.4. The lowest BCUT2D eigenvalue weighted by atomic mass is 9.70. The molecule has 378 valence electrons. The smallest absolute Gasteiger partial charge is 0.319 e. The average Bonchev–Trinajstić information content (AvgIpc) is 4.04. The minimum Gasteiger partial charge on any atom is -0.508 e. The number of nitrogens with one attached hydrogen (secondary N) is 1. The number of β-amino-alcohol motifs (C(OH)–C–C–N with tert-alkyl or cyclic N) is 1. The molecule has 3 N–H and O–H groups in total. The van der Waals surface area contributed by atoms with Gasteiger partial charge in [-0.05, 0) is 161 Å². The number of nitrogens with zero attached hydrogens (tertiary/aromatic N) is 8. The van der Waals surface area contributed by atoms with E-state index in [-0.39, 0.29) is 58.1 Å². The summed E-state index contributed by atoms with van der Waals surface area (Å²) < 4.78 is 38.9. The van der Waals surface area contributed by atoms with Gasteiger partial charge in [0.2, 0.25) is 11.8 Å². The highest BCUT2D eigenvalue weighted by molar-refractivity contribution is 6.06. The zero-order valence-corrected chi connectivity index (χ0v) is 41.2. The number of aromatic nitrogens is 3. The number of aryl methyl sites for hydroxylation is 1. The molecule has 12 rings (SSSR count). The maximum atomic E-state index is 17.2. The summed E-state index contributed by atoms with van der Waals surface area (Å²) in [7, 11) is 0. The van der Waals surface area contributed by atoms with E-state index >= 15 is 8.78 Å². The molecule has 8 heterocycles. The van der Waals surface area contributed by atoms with Crippen molar-refractivity contribution < 1.29 is 38.1 Å². The number of fused-ring (bicyclic) bond motifs is 3. The third kappa shape index (κ3) is 8.57. The summed E-state index contributed by atoms with van der Waals surface area (Å²) in [5.74, 6) is -1.59. The SMILES string of the molecule is CCc1c(F)ccc2cc(O)cc(-c3ncc4c(N5CCC[C@@](C)(O)C5)nc(OCC5(CN6CCC7(CC6)CCN(C6CN(c8ccc9c(c8)CN(C8CCC(=O)NC8=O)C9=O)C6)CC7)CC5)nc4c3F)c12. The zero-order chi connectivity index (χ0) is 49.7. The fourth-order valence-corrected chi connectivity index (χ4v) is 12.9. The Hall–Kier alpha value is -6.04. The first kappa shape index (κ1) is 47.0. The van der Waals surface area contributed by atoms with Crippen molar-refractivity contribution in [2.45, 2.75) is 109 Å². The predicted molar refractivity (Wildman–Crippen MR) is 268 cm³/mol. The highest BCUT2D eigenvalue weighted by Gasteiger charge is 2.48. The summed E-state index contributed by atoms with van der Waals surface area (Å²) in [5.41, 5.74) is 2.67. The molecule has 1 spiro atoms. The fourth-order valence-electron chi connectivity index (χ4n) is 12.9. The van der Waals surface area contributed by atoms with E-state index in [2.05, 4.69) is 31.1 Å². The van der Waals surface area contributed by atoms with Gasteiger partial charge in [-0.25, -0.2) is 8.78 Å². The number of likely N-dealkylation sites (tertiary alicyclic amines) is 2. The minimum absolute atomic E-state index is 0.0161. The van der Waals surface area contributed by atoms with E-state index in [0.717, 1.165) is 76.3 Å². The highest BCUT2D eigenvalue weighted by atomic mass is 19.1. The third-order valence-electron chi connectivity index (χ3n) is 17.4. The number of carbonyl (C=O) groups is 3. The third-order valence-corrected chi connectivity index (χ3v) is 17.4. The predicted octanol–water partition coefficient (Wildman–Crippen LogP) is 6.73. The Balaban J connectivity index is 0.678. The summed E-state index contributed by atoms with van der Waals surface area (Å²) in [6.07, 6.45) is 10.6. The Labute approximate surface area is 417 Å². The molecule has 0 radical (unpaired) electrons. The lowest BCUT2D eigenvalue weighted by molar-refractivity contribution is -0.136. The van der Waals surface area contributed by atoms with E-state index in [0.29, 0.717) is 90.1 Å². The molecular formula is C55H63F2N9O6. The molecule has 7 aliphatic rings. The van der Waals surface area contributed by atoms with Crippen LogP contribution < -0.4 is 19.9 Å². The van der Waals surface area contributed by atoms with Crippen LogP contribution in [0.25, 0.3) is 32.9 Å². The highest BCUT2D eigenvalue weighted by Crippen LogP contribution is 2.49. The van der Waals surface area contributed by atoms with Gasteiger partial charge in [0.05, 0.1) is 17.6 Å². The lowest BCUT2D eigenvalue weighted by Crippen LogP contribution is -2.62. The monoisotopic (exact) mass is 983 g/mol. The number of benzene rings is 3. The second kappa shape index (κ2) is 17.9. The van der Waals surface area contributed by atoms with Crippen molar-refractivity contribution in [3.8, 4) is 23.0 Å². The van der Waals surface area contributed by atoms with Gasteiger partial charge >= 0.3 is 6.01 Å². The number of carbonyl (C=O) groups excluding carboxylic acids is 3. The molecule has 1 aliphatic carbocycles. The van der Waals surface area contributed by atoms with Gasteiger partial charge in [0.15, 0.2) is 5.82 Å². The van der Waals surface area contributed by atoms with Gasteiger partial charge in [0.1, 0.15) is 34.6 Å². The first-order valence-electron chi connectivity index (χ1n) is 26.1. The normalized spacial score (nSPS) is 24.5. The van der Waals surface area contributed by atoms with E-state index < -0.39 is 23.3 Å². The van der Waals surface area contributed by atoms with Crippen molar-refractivity contribution >= 4 is 50.9 Å². The van der Waals surface area contributed by atoms with Crippen molar-refractivity contribution in [2.24, 2.45) is 10.8 Å². The maximum Gasteiger partial charge on any atom is 0.319 e. The molecule has 1 unspecified atom stereocenters. The summed E-state index contributed by atoms with van der Waals surface area (Å²) in [4.78, 5) is 62.9. The summed E-state index contributed by atoms with van der Waals surface area (Å²) in [6, 6.07) is 11.9. The average molecular weight is 984 g/mol. The van der Waals surface area contributed by atoms with Gasteiger partial charge in [-0.2, -0.15) is 9.97 Å². The number of piperidine rings is 4. The van der Waals surface area contributed by atoms with Crippen molar-refractivity contribution in [3.63, 3.8) is 0 Å². The zero-order valence-electron chi connectivity index (χ0n) is 41.2. The topological polar surface area (TPSA) is 168 Å². The van der Waals surface area contributed by atoms with E-state index in [1.54, 1.807) is 24.0 Å². The lowest BCUT2D eigenvalue weighted by Gasteiger charge is -2.52. The molecule has 2 aromatic heterocycles. The van der Waals surface area contributed by atoms with Gasteiger partial charge in [0, 0.05) is 80.2 Å². The number of aliphatic hydroxyl groups is 1. The molecule has 6 aliphatic heterocycles. The molecule has 1 saturated carbocycles. The number of ether oxygens (including phenoxy) is 1. The van der Waals surface area contributed by atoms with Gasteiger partial charge in [-0.3, -0.25) is 29.6 Å². The number of anilines is 2. The quantitative estimate of drug-likeness (QED) is 0.119. The number of pyridine rings is 1. The summed E-state index contributed by atoms with van der Waals surface area (Å²) >= 11 is 0. The number of aromatic hydroxyl groups is 1. The number of phenolic OH excluding ortho intramolecular Hbond substituents is 1. The largest absolute Gasteiger partial charge is 0.508 e. The molecule has 2 atom stereocenters. The Bertz CT molecular complexity index is 3010. The van der Waals surface area contributed by atoms with Crippen molar-refractivity contribution in [1.29, 1.82) is 0 Å². The number of hydrogen-bond donors (Lipinski definition) is 3. The molecule has 72 heavy (non-hydrogen) atoms. The first-order chi connectivity index (χ1) is 34.7. The van der Waals surface area contributed by atoms with Crippen molar-refractivity contribution in [1.82, 2.24) is 35.0 Å². The summed E-state index contributed by atoms with van der Waals surface area (Å²) in [5, 5.41) is 25.7. The van der Waals surface area contributed by atoms with Gasteiger partial charge in [-0.1, -0.05) is 13.0 Å². The molecule has 17 heteroatoms. The van der Waals surface area contributed by atoms with E-state index in [4.69, 9.17) is 14.7 Å². The number of imide groups is 1. The number of hydrogen-bond acceptors (Lipinski definition) is 13. The molecule has 5 saturated heterocycles. The second-order valence-corrected chi connectivity index (χ2v) is 22.4. The molecule has 0 bridgehead atoms. The summed E-state index contributed by atoms with van der Waals surface area (Å²) in [6.45, 7) is 12.4. The van der Waals surface area contributed by atoms with E-state index in [1.165, 1.54) is 44.0 Å². The van der Waals surface area contributed by atoms with Gasteiger partial charge in [-0.15, -0.1) is 0 Å². The molecule has 3 aromatic carbocycles. The fraction of sp³-hybridized carbons (Fsp3) is 0.527. The first-order valence-corrected chi connectivity index (χ1v) is 26.1. The van der Waals surface area contributed by atoms with Crippen LogP contribution in [0.1, 0.15) is 99.5 Å². The Morgan fingerprint density at radius 2 is 1.67 bits per heavy atom. The number of phenols is 1. The Kier molecular flexibility index (Phi) is 11.7. The van der Waals surface area contributed by atoms with Crippen molar-refractivity contribution in [2.75, 3.05) is 75.3 Å². The van der Waals surface area contributed by atoms with Crippen LogP contribution >= 0.6 is 0 Å². The maximum absolute atomic E-state index is 17.2. The van der Waals surface area contributed by atoms with Crippen LogP contribution in [0.3, 0.4) is 0 Å². The Morgan fingerprint density at radius 3 is 2.40 bits per heavy atom. The van der Waals surface area contributed by atoms with E-state index in [1.807, 2.05) is 24.0 Å². The van der Waals surface area contributed by atoms with Gasteiger partial charge < -0.3 is 34.5 Å². The van der Waals surface area contributed by atoms with Crippen LogP contribution in [0.2, 0.25) is 0 Å². The minimum atomic E-state index is -0.965.